The van der Waals surface area contributed by atoms with Gasteiger partial charge in [0.2, 0.25) is 0 Å². The molecule has 0 fully saturated rings. The standard InChI is InChI=1S/C39H28.C2H4/c1-39(2)34-23-21-25-12-6-7-15-28(25)38(34)33-22-20-27(24-35(33)39)37-31-18-10-8-16-29(31)36(26-13-4-3-5-14-26)30-17-9-11-19-32(30)37;1-2/h3-24H,1-2H3;1-2H2. The summed E-state index contributed by atoms with van der Waals surface area (Å²) in [6.45, 7) is 10.8. The minimum Gasteiger partial charge on any atom is -0.106 e. The molecule has 1 aliphatic carbocycles. The van der Waals surface area contributed by atoms with Crippen LogP contribution in [0.1, 0.15) is 25.0 Å². The third kappa shape index (κ3) is 3.68. The van der Waals surface area contributed by atoms with Crippen LogP contribution in [0.25, 0.3) is 65.7 Å². The van der Waals surface area contributed by atoms with Gasteiger partial charge in [0, 0.05) is 5.41 Å². The molecule has 0 N–H and O–H groups in total. The Labute approximate surface area is 242 Å². The lowest BCUT2D eigenvalue weighted by atomic mass is 9.80. The van der Waals surface area contributed by atoms with Crippen LogP contribution in [-0.2, 0) is 5.41 Å². The first kappa shape index (κ1) is 25.1. The molecule has 0 heteroatoms. The SMILES string of the molecule is C=C.CC1(C)c2cc(-c3c4ccccc4c(-c4ccccc4)c4ccccc34)ccc2-c2c1ccc1ccccc21. The molecule has 0 unspecified atom stereocenters. The lowest BCUT2D eigenvalue weighted by molar-refractivity contribution is 0.661. The van der Waals surface area contributed by atoms with E-state index in [1.165, 1.54) is 76.8 Å². The summed E-state index contributed by atoms with van der Waals surface area (Å²) in [4.78, 5) is 0. The highest BCUT2D eigenvalue weighted by molar-refractivity contribution is 6.21. The van der Waals surface area contributed by atoms with E-state index in [2.05, 4.69) is 160 Å². The highest BCUT2D eigenvalue weighted by atomic mass is 14.4. The van der Waals surface area contributed by atoms with Gasteiger partial charge < -0.3 is 0 Å². The predicted octanol–water partition coefficient (Wildman–Crippen LogP) is 11.6. The first-order valence-corrected chi connectivity index (χ1v) is 14.3. The molecule has 0 heterocycles. The maximum atomic E-state index is 3.00. The topological polar surface area (TPSA) is 0 Å². The van der Waals surface area contributed by atoms with Gasteiger partial charge in [-0.1, -0.05) is 141 Å². The summed E-state index contributed by atoms with van der Waals surface area (Å²) in [5.74, 6) is 0. The molecule has 0 saturated carbocycles. The molecule has 41 heavy (non-hydrogen) atoms. The van der Waals surface area contributed by atoms with Gasteiger partial charge in [0.1, 0.15) is 0 Å². The van der Waals surface area contributed by atoms with Crippen molar-refractivity contribution in [3.8, 4) is 33.4 Å². The van der Waals surface area contributed by atoms with Crippen molar-refractivity contribution >= 4 is 32.3 Å². The average Bonchev–Trinajstić information content (AvgIpc) is 3.27. The van der Waals surface area contributed by atoms with Crippen molar-refractivity contribution in [3.05, 3.63) is 158 Å². The zero-order chi connectivity index (χ0) is 28.1. The molecule has 196 valence electrons. The molecule has 0 radical (unpaired) electrons. The largest absolute Gasteiger partial charge is 0.106 e. The van der Waals surface area contributed by atoms with Gasteiger partial charge in [-0.25, -0.2) is 0 Å². The van der Waals surface area contributed by atoms with Crippen molar-refractivity contribution in [1.82, 2.24) is 0 Å². The quantitative estimate of drug-likeness (QED) is 0.156. The fourth-order valence-electron chi connectivity index (χ4n) is 7.02. The summed E-state index contributed by atoms with van der Waals surface area (Å²) in [6.07, 6.45) is 0. The summed E-state index contributed by atoms with van der Waals surface area (Å²) >= 11 is 0. The van der Waals surface area contributed by atoms with Crippen LogP contribution in [0.15, 0.2) is 147 Å². The number of hydrogen-bond donors (Lipinski definition) is 0. The first-order chi connectivity index (χ1) is 20.1. The average molecular weight is 525 g/mol. The molecule has 0 bridgehead atoms. The van der Waals surface area contributed by atoms with Crippen molar-refractivity contribution in [2.45, 2.75) is 19.3 Å². The third-order valence-corrected chi connectivity index (χ3v) is 8.85. The number of hydrogen-bond acceptors (Lipinski definition) is 0. The van der Waals surface area contributed by atoms with Crippen molar-refractivity contribution in [2.75, 3.05) is 0 Å². The highest BCUT2D eigenvalue weighted by Crippen LogP contribution is 2.53. The molecule has 0 aromatic heterocycles. The second kappa shape index (κ2) is 9.61. The molecule has 0 spiro atoms. The number of fused-ring (bicyclic) bond motifs is 7. The Hall–Kier alpha value is -4.94. The van der Waals surface area contributed by atoms with E-state index in [-0.39, 0.29) is 5.41 Å². The van der Waals surface area contributed by atoms with Crippen molar-refractivity contribution in [2.24, 2.45) is 0 Å². The molecule has 0 aliphatic heterocycles. The van der Waals surface area contributed by atoms with E-state index < -0.39 is 0 Å². The summed E-state index contributed by atoms with van der Waals surface area (Å²) < 4.78 is 0. The maximum Gasteiger partial charge on any atom is 0.0159 e. The van der Waals surface area contributed by atoms with Crippen LogP contribution >= 0.6 is 0 Å². The van der Waals surface area contributed by atoms with E-state index in [0.717, 1.165) is 0 Å². The van der Waals surface area contributed by atoms with E-state index in [0.29, 0.717) is 0 Å². The lowest BCUT2D eigenvalue weighted by Crippen LogP contribution is -2.15. The minimum atomic E-state index is -0.0692. The fraction of sp³-hybridized carbons (Fsp3) is 0.0732. The lowest BCUT2D eigenvalue weighted by Gasteiger charge is -2.23. The Morgan fingerprint density at radius 2 is 0.927 bits per heavy atom. The molecule has 7 aromatic rings. The summed E-state index contributed by atoms with van der Waals surface area (Å²) in [5.41, 5.74) is 10.7. The van der Waals surface area contributed by atoms with Crippen LogP contribution in [0.2, 0.25) is 0 Å². The first-order valence-electron chi connectivity index (χ1n) is 14.3. The zero-order valence-electron chi connectivity index (χ0n) is 23.6. The Morgan fingerprint density at radius 3 is 1.54 bits per heavy atom. The highest BCUT2D eigenvalue weighted by Gasteiger charge is 2.36. The Bertz CT molecular complexity index is 2040. The monoisotopic (exact) mass is 524 g/mol. The van der Waals surface area contributed by atoms with Crippen LogP contribution in [0, 0.1) is 0 Å². The third-order valence-electron chi connectivity index (χ3n) is 8.85. The summed E-state index contributed by atoms with van der Waals surface area (Å²) in [5, 5.41) is 7.84. The molecular formula is C41H32. The van der Waals surface area contributed by atoms with Gasteiger partial charge in [0.15, 0.2) is 0 Å². The minimum absolute atomic E-state index is 0.0692. The van der Waals surface area contributed by atoms with Crippen LogP contribution in [0.3, 0.4) is 0 Å². The van der Waals surface area contributed by atoms with E-state index in [1.807, 2.05) is 0 Å². The van der Waals surface area contributed by atoms with Gasteiger partial charge >= 0.3 is 0 Å². The van der Waals surface area contributed by atoms with Crippen LogP contribution in [0.4, 0.5) is 0 Å². The summed E-state index contributed by atoms with van der Waals surface area (Å²) in [6, 6.07) is 49.3. The number of benzene rings is 7. The second-order valence-electron chi connectivity index (χ2n) is 11.3. The molecule has 0 saturated heterocycles. The van der Waals surface area contributed by atoms with Crippen LogP contribution in [-0.4, -0.2) is 0 Å². The molecule has 8 rings (SSSR count). The molecule has 1 aliphatic rings. The zero-order valence-corrected chi connectivity index (χ0v) is 23.6. The van der Waals surface area contributed by atoms with Gasteiger partial charge in [-0.2, -0.15) is 0 Å². The van der Waals surface area contributed by atoms with Gasteiger partial charge in [-0.05, 0) is 82.9 Å². The van der Waals surface area contributed by atoms with Gasteiger partial charge in [-0.3, -0.25) is 0 Å². The van der Waals surface area contributed by atoms with E-state index >= 15 is 0 Å². The Morgan fingerprint density at radius 1 is 0.415 bits per heavy atom. The number of rotatable bonds is 2. The van der Waals surface area contributed by atoms with Gasteiger partial charge in [0.05, 0.1) is 0 Å². The Balaban J connectivity index is 0.00000135. The van der Waals surface area contributed by atoms with E-state index in [1.54, 1.807) is 0 Å². The normalized spacial score (nSPS) is 13.0. The van der Waals surface area contributed by atoms with E-state index in [4.69, 9.17) is 0 Å². The van der Waals surface area contributed by atoms with Gasteiger partial charge in [0.25, 0.3) is 0 Å². The summed E-state index contributed by atoms with van der Waals surface area (Å²) in [7, 11) is 0. The van der Waals surface area contributed by atoms with Crippen molar-refractivity contribution in [1.29, 1.82) is 0 Å². The van der Waals surface area contributed by atoms with Crippen LogP contribution < -0.4 is 0 Å². The molecule has 7 aromatic carbocycles. The fourth-order valence-corrected chi connectivity index (χ4v) is 7.02. The molecule has 0 nitrogen and oxygen atoms in total. The van der Waals surface area contributed by atoms with Crippen molar-refractivity contribution in [3.63, 3.8) is 0 Å². The Kier molecular flexibility index (Phi) is 5.87. The molecule has 0 atom stereocenters. The molecular weight excluding hydrogens is 492 g/mol. The van der Waals surface area contributed by atoms with Crippen molar-refractivity contribution < 1.29 is 0 Å². The smallest absolute Gasteiger partial charge is 0.0159 e. The van der Waals surface area contributed by atoms with Crippen LogP contribution in [0.5, 0.6) is 0 Å². The van der Waals surface area contributed by atoms with E-state index in [9.17, 15) is 0 Å². The second-order valence-corrected chi connectivity index (χ2v) is 11.3. The molecule has 0 amide bonds. The van der Waals surface area contributed by atoms with Gasteiger partial charge in [-0.15, -0.1) is 13.2 Å². The predicted molar refractivity (Wildman–Crippen MR) is 179 cm³/mol. The maximum absolute atomic E-state index is 3.00.